The fraction of sp³-hybridized carbons (Fsp3) is 0.581. The fourth-order valence-electron chi connectivity index (χ4n) is 8.12. The predicted octanol–water partition coefficient (Wildman–Crippen LogP) is 2.26. The van der Waals surface area contributed by atoms with E-state index in [0.717, 1.165) is 44.8 Å². The molecule has 1 spiro atoms. The quantitative estimate of drug-likeness (QED) is 0.393. The lowest BCUT2D eigenvalue weighted by Gasteiger charge is -2.50. The van der Waals surface area contributed by atoms with E-state index >= 15 is 0 Å². The van der Waals surface area contributed by atoms with E-state index in [4.69, 9.17) is 0 Å². The summed E-state index contributed by atoms with van der Waals surface area (Å²) < 4.78 is 0. The Hall–Kier alpha value is -3.21. The van der Waals surface area contributed by atoms with Crippen LogP contribution >= 0.6 is 0 Å². The number of likely N-dealkylation sites (N-methyl/N-ethyl adjacent to an activating group) is 1. The van der Waals surface area contributed by atoms with Gasteiger partial charge < -0.3 is 25.3 Å². The van der Waals surface area contributed by atoms with Gasteiger partial charge in [-0.15, -0.1) is 0 Å². The molecule has 1 aliphatic heterocycles. The molecular weight excluding hydrogens is 526 g/mol. The summed E-state index contributed by atoms with van der Waals surface area (Å²) in [6.07, 6.45) is 4.92. The summed E-state index contributed by atoms with van der Waals surface area (Å²) in [5.74, 6) is -5.40. The number of phenolic OH excluding ortho intramolecular Hbond substituents is 1. The molecule has 3 fully saturated rings. The minimum atomic E-state index is -2.56. The molecule has 0 amide bonds. The van der Waals surface area contributed by atoms with Gasteiger partial charge in [-0.2, -0.15) is 0 Å². The molecule has 220 valence electrons. The van der Waals surface area contributed by atoms with Gasteiger partial charge >= 0.3 is 0 Å². The van der Waals surface area contributed by atoms with Crippen molar-refractivity contribution in [2.24, 2.45) is 11.8 Å². The van der Waals surface area contributed by atoms with Gasteiger partial charge in [0.2, 0.25) is 5.78 Å². The van der Waals surface area contributed by atoms with Crippen molar-refractivity contribution < 1.29 is 34.8 Å². The third-order valence-electron chi connectivity index (χ3n) is 10.3. The van der Waals surface area contributed by atoms with Gasteiger partial charge in [0.25, 0.3) is 0 Å². The zero-order valence-corrected chi connectivity index (χ0v) is 24.3. The zero-order chi connectivity index (χ0) is 29.8. The number of hydrogen-bond donors (Lipinski definition) is 4. The summed E-state index contributed by atoms with van der Waals surface area (Å²) in [6, 6.07) is 0.936. The van der Waals surface area contributed by atoms with Crippen LogP contribution in [0.4, 0.5) is 5.69 Å². The van der Waals surface area contributed by atoms with Crippen molar-refractivity contribution >= 4 is 28.8 Å². The van der Waals surface area contributed by atoms with Gasteiger partial charge in [-0.25, -0.2) is 0 Å². The molecule has 0 aromatic heterocycles. The lowest BCUT2D eigenvalue weighted by Crippen LogP contribution is -2.65. The normalized spacial score (nSPS) is 30.6. The van der Waals surface area contributed by atoms with Crippen molar-refractivity contribution in [2.75, 3.05) is 39.6 Å². The summed E-state index contributed by atoms with van der Waals surface area (Å²) in [5, 5.41) is 46.3. The number of carbonyl (C=O) groups is 3. The van der Waals surface area contributed by atoms with Crippen LogP contribution in [0.25, 0.3) is 5.76 Å². The van der Waals surface area contributed by atoms with Crippen LogP contribution in [0.15, 0.2) is 23.0 Å². The van der Waals surface area contributed by atoms with Crippen molar-refractivity contribution in [3.05, 3.63) is 39.7 Å². The van der Waals surface area contributed by atoms with Crippen LogP contribution in [-0.2, 0) is 27.3 Å². The molecule has 6 rings (SSSR count). The molecule has 1 aromatic rings. The average Bonchev–Trinajstić information content (AvgIpc) is 3.56. The van der Waals surface area contributed by atoms with Crippen LogP contribution in [0.2, 0.25) is 0 Å². The Balaban J connectivity index is 1.51. The van der Waals surface area contributed by atoms with Crippen molar-refractivity contribution in [2.45, 2.75) is 69.2 Å². The van der Waals surface area contributed by atoms with Crippen molar-refractivity contribution in [3.8, 4) is 5.75 Å². The Labute approximate surface area is 239 Å². The Bertz CT molecular complexity index is 1450. The summed E-state index contributed by atoms with van der Waals surface area (Å²) in [5.41, 5.74) is -0.709. The fourth-order valence-corrected chi connectivity index (χ4v) is 8.12. The third-order valence-corrected chi connectivity index (χ3v) is 10.3. The smallest absolute Gasteiger partial charge is 0.202 e. The Morgan fingerprint density at radius 3 is 2.37 bits per heavy atom. The van der Waals surface area contributed by atoms with Crippen LogP contribution in [-0.4, -0.2) is 99.5 Å². The number of hydrogen-bond acceptors (Lipinski definition) is 10. The number of carbonyl (C=O) groups excluding carboxylic acids is 3. The molecule has 4 N–H and O–H groups in total. The van der Waals surface area contributed by atoms with Crippen molar-refractivity contribution in [1.82, 2.24) is 9.80 Å². The number of fused-ring (bicyclic) bond motifs is 3. The van der Waals surface area contributed by atoms with E-state index in [1.807, 2.05) is 25.1 Å². The number of benzene rings is 1. The minimum absolute atomic E-state index is 0.0884. The van der Waals surface area contributed by atoms with E-state index < -0.39 is 57.9 Å². The van der Waals surface area contributed by atoms with Gasteiger partial charge in [0.15, 0.2) is 17.2 Å². The number of nitrogens with zero attached hydrogens (tertiary/aromatic N) is 3. The van der Waals surface area contributed by atoms with Gasteiger partial charge in [0.05, 0.1) is 11.6 Å². The first-order valence-corrected chi connectivity index (χ1v) is 14.4. The lowest BCUT2D eigenvalue weighted by molar-refractivity contribution is -0.153. The highest BCUT2D eigenvalue weighted by atomic mass is 16.3. The first kappa shape index (κ1) is 27.9. The number of anilines is 1. The zero-order valence-electron chi connectivity index (χ0n) is 24.3. The lowest BCUT2D eigenvalue weighted by atomic mass is 9.57. The number of phenols is 1. The van der Waals surface area contributed by atoms with E-state index in [2.05, 4.69) is 4.90 Å². The van der Waals surface area contributed by atoms with Crippen LogP contribution in [0.5, 0.6) is 5.75 Å². The number of rotatable bonds is 5. The predicted molar refractivity (Wildman–Crippen MR) is 152 cm³/mol. The number of aliphatic hydroxyl groups is 3. The molecule has 4 atom stereocenters. The van der Waals surface area contributed by atoms with E-state index in [1.165, 1.54) is 0 Å². The monoisotopic (exact) mass is 565 g/mol. The molecule has 1 heterocycles. The molecule has 41 heavy (non-hydrogen) atoms. The third kappa shape index (κ3) is 3.76. The van der Waals surface area contributed by atoms with Crippen LogP contribution in [0.3, 0.4) is 0 Å². The van der Waals surface area contributed by atoms with Crippen molar-refractivity contribution in [1.29, 1.82) is 0 Å². The molecule has 5 aliphatic rings. The maximum absolute atomic E-state index is 14.2. The van der Waals surface area contributed by atoms with Crippen LogP contribution in [0.1, 0.15) is 55.7 Å². The molecule has 10 heteroatoms. The second-order valence-corrected chi connectivity index (χ2v) is 13.1. The number of aliphatic hydroxyl groups excluding tert-OH is 2. The second kappa shape index (κ2) is 9.14. The van der Waals surface area contributed by atoms with Crippen LogP contribution < -0.4 is 4.90 Å². The van der Waals surface area contributed by atoms with E-state index in [0.29, 0.717) is 24.1 Å². The number of likely N-dealkylation sites (tertiary alicyclic amines) is 1. The molecule has 10 nitrogen and oxygen atoms in total. The molecule has 0 bridgehead atoms. The first-order chi connectivity index (χ1) is 19.2. The van der Waals surface area contributed by atoms with Gasteiger partial charge in [0.1, 0.15) is 22.8 Å². The number of ketones is 3. The summed E-state index contributed by atoms with van der Waals surface area (Å²) in [6.45, 7) is 2.56. The summed E-state index contributed by atoms with van der Waals surface area (Å²) in [4.78, 5) is 45.8. The molecular formula is C31H39N3O7. The number of Topliss-reactive ketones (excluding diaryl/α,β-unsaturated/α-hetero) is 3. The van der Waals surface area contributed by atoms with Gasteiger partial charge in [-0.3, -0.25) is 24.2 Å². The molecule has 1 saturated heterocycles. The van der Waals surface area contributed by atoms with Gasteiger partial charge in [0, 0.05) is 48.9 Å². The first-order valence-electron chi connectivity index (χ1n) is 14.4. The van der Waals surface area contributed by atoms with E-state index in [-0.39, 0.29) is 28.8 Å². The van der Waals surface area contributed by atoms with E-state index in [9.17, 15) is 34.8 Å². The highest BCUT2D eigenvalue weighted by Crippen LogP contribution is 2.55. The minimum Gasteiger partial charge on any atom is -0.508 e. The number of aromatic hydroxyl groups is 1. The second-order valence-electron chi connectivity index (χ2n) is 13.1. The maximum Gasteiger partial charge on any atom is 0.202 e. The SMILES string of the molecule is CC(=O)C1=C(O)[C@@]2(O)C(=O)C3=C(O)c4c(O)c(CN5CCCC56CC6)cc(N(C)C)c4C[C@H]3C[C@H]2[C@H](N(C)C)C1=O. The van der Waals surface area contributed by atoms with Crippen molar-refractivity contribution in [3.63, 3.8) is 0 Å². The standard InChI is InChI=1S/C31H39N3O7/c1-15(35)21-27(38)24(33(4)5)19-12-16-11-18-20(32(2)3)13-17(14-34-10-6-7-30(34)8-9-30)25(36)23(18)26(37)22(16)29(40)31(19,41)28(21)39/h13,16,19,24,36-37,39,41H,6-12,14H2,1-5H3/t16-,19-,24-,31+/m0/s1. The van der Waals surface area contributed by atoms with Gasteiger partial charge in [-0.1, -0.05) is 0 Å². The average molecular weight is 566 g/mol. The topological polar surface area (TPSA) is 142 Å². The van der Waals surface area contributed by atoms with Gasteiger partial charge in [-0.05, 0) is 83.6 Å². The molecule has 2 saturated carbocycles. The molecule has 0 radical (unpaired) electrons. The van der Waals surface area contributed by atoms with E-state index in [1.54, 1.807) is 19.0 Å². The largest absolute Gasteiger partial charge is 0.508 e. The molecule has 1 aromatic carbocycles. The maximum atomic E-state index is 14.2. The Morgan fingerprint density at radius 1 is 1.10 bits per heavy atom. The summed E-state index contributed by atoms with van der Waals surface area (Å²) >= 11 is 0. The molecule has 4 aliphatic carbocycles. The molecule has 0 unspecified atom stereocenters. The Kier molecular flexibility index (Phi) is 6.23. The van der Waals surface area contributed by atoms with Crippen LogP contribution in [0, 0.1) is 11.8 Å². The Morgan fingerprint density at radius 2 is 1.78 bits per heavy atom. The highest BCUT2D eigenvalue weighted by molar-refractivity contribution is 6.25. The summed E-state index contributed by atoms with van der Waals surface area (Å²) in [7, 11) is 7.04. The highest BCUT2D eigenvalue weighted by Gasteiger charge is 2.64.